The third-order valence-corrected chi connectivity index (χ3v) is 3.97. The van der Waals surface area contributed by atoms with Gasteiger partial charge in [0.1, 0.15) is 0 Å². The second-order valence-corrected chi connectivity index (χ2v) is 5.49. The van der Waals surface area contributed by atoms with Crippen LogP contribution in [0.2, 0.25) is 0 Å². The highest BCUT2D eigenvalue weighted by atomic mass is 15.3. The number of aromatic nitrogens is 3. The van der Waals surface area contributed by atoms with E-state index in [-0.39, 0.29) is 0 Å². The molecule has 1 saturated heterocycles. The van der Waals surface area contributed by atoms with Gasteiger partial charge in [-0.2, -0.15) is 15.0 Å². The molecular weight excluding hydrogens is 240 g/mol. The van der Waals surface area contributed by atoms with Crippen molar-refractivity contribution in [3.8, 4) is 0 Å². The van der Waals surface area contributed by atoms with E-state index in [2.05, 4.69) is 25.2 Å². The van der Waals surface area contributed by atoms with E-state index in [0.29, 0.717) is 17.9 Å². The molecule has 0 unspecified atom stereocenters. The second-order valence-electron chi connectivity index (χ2n) is 5.49. The van der Waals surface area contributed by atoms with Gasteiger partial charge < -0.3 is 16.0 Å². The van der Waals surface area contributed by atoms with Crippen LogP contribution in [0.5, 0.6) is 0 Å². The number of rotatable bonds is 3. The van der Waals surface area contributed by atoms with Crippen molar-refractivity contribution in [2.75, 3.05) is 29.0 Å². The van der Waals surface area contributed by atoms with E-state index >= 15 is 0 Å². The predicted octanol–water partition coefficient (Wildman–Crippen LogP) is 1.80. The van der Waals surface area contributed by atoms with Gasteiger partial charge >= 0.3 is 0 Å². The number of nitrogens with zero attached hydrogens (tertiary/aromatic N) is 4. The molecule has 0 spiro atoms. The molecule has 2 aliphatic rings. The molecule has 2 fully saturated rings. The third kappa shape index (κ3) is 3.05. The predicted molar refractivity (Wildman–Crippen MR) is 76.2 cm³/mol. The summed E-state index contributed by atoms with van der Waals surface area (Å²) in [6.45, 7) is 2.04. The fraction of sp³-hybridized carbons (Fsp3) is 0.769. The van der Waals surface area contributed by atoms with Gasteiger partial charge in [0.25, 0.3) is 0 Å². The van der Waals surface area contributed by atoms with Crippen LogP contribution in [0, 0.1) is 0 Å². The van der Waals surface area contributed by atoms with E-state index in [1.54, 1.807) is 0 Å². The minimum atomic E-state index is 0.315. The molecule has 0 amide bonds. The fourth-order valence-corrected chi connectivity index (χ4v) is 2.93. The SMILES string of the molecule is Nc1nc(NC2CCCCC2)nc(N2CCCC2)n1. The van der Waals surface area contributed by atoms with Crippen molar-refractivity contribution in [1.29, 1.82) is 0 Å². The van der Waals surface area contributed by atoms with Crippen molar-refractivity contribution in [2.45, 2.75) is 51.0 Å². The Hall–Kier alpha value is -1.59. The van der Waals surface area contributed by atoms with Gasteiger partial charge in [-0.05, 0) is 25.7 Å². The number of hydrogen-bond acceptors (Lipinski definition) is 6. The number of anilines is 3. The molecule has 3 N–H and O–H groups in total. The largest absolute Gasteiger partial charge is 0.368 e. The van der Waals surface area contributed by atoms with E-state index in [9.17, 15) is 0 Å². The molecule has 1 aliphatic carbocycles. The highest BCUT2D eigenvalue weighted by Gasteiger charge is 2.19. The Balaban J connectivity index is 1.73. The molecule has 2 heterocycles. The van der Waals surface area contributed by atoms with Gasteiger partial charge in [0, 0.05) is 19.1 Å². The molecular formula is C13H22N6. The van der Waals surface area contributed by atoms with Crippen LogP contribution in [0.15, 0.2) is 0 Å². The highest BCUT2D eigenvalue weighted by Crippen LogP contribution is 2.22. The summed E-state index contributed by atoms with van der Waals surface area (Å²) in [6, 6.07) is 0.488. The van der Waals surface area contributed by atoms with Crippen molar-refractivity contribution >= 4 is 17.8 Å². The van der Waals surface area contributed by atoms with Crippen molar-refractivity contribution < 1.29 is 0 Å². The molecule has 1 saturated carbocycles. The highest BCUT2D eigenvalue weighted by molar-refractivity contribution is 5.42. The van der Waals surface area contributed by atoms with Crippen LogP contribution < -0.4 is 16.0 Å². The summed E-state index contributed by atoms with van der Waals surface area (Å²) in [5, 5.41) is 3.42. The van der Waals surface area contributed by atoms with Crippen molar-refractivity contribution in [3.05, 3.63) is 0 Å². The Morgan fingerprint density at radius 2 is 1.68 bits per heavy atom. The zero-order valence-electron chi connectivity index (χ0n) is 11.3. The lowest BCUT2D eigenvalue weighted by Crippen LogP contribution is -2.26. The molecule has 1 aliphatic heterocycles. The molecule has 0 bridgehead atoms. The Labute approximate surface area is 113 Å². The van der Waals surface area contributed by atoms with Gasteiger partial charge in [0.05, 0.1) is 0 Å². The monoisotopic (exact) mass is 262 g/mol. The molecule has 6 heteroatoms. The van der Waals surface area contributed by atoms with Gasteiger partial charge in [0.15, 0.2) is 0 Å². The second kappa shape index (κ2) is 5.59. The minimum absolute atomic E-state index is 0.315. The normalized spacial score (nSPS) is 20.7. The summed E-state index contributed by atoms with van der Waals surface area (Å²) in [5.41, 5.74) is 5.80. The van der Waals surface area contributed by atoms with Crippen molar-refractivity contribution in [1.82, 2.24) is 15.0 Å². The van der Waals surface area contributed by atoms with Crippen LogP contribution in [0.1, 0.15) is 44.9 Å². The number of nitrogens with two attached hydrogens (primary N) is 1. The summed E-state index contributed by atoms with van der Waals surface area (Å²) >= 11 is 0. The molecule has 1 aromatic heterocycles. The average Bonchev–Trinajstić information content (AvgIpc) is 2.93. The molecule has 1 aromatic rings. The molecule has 0 atom stereocenters. The number of nitrogen functional groups attached to an aromatic ring is 1. The third-order valence-electron chi connectivity index (χ3n) is 3.97. The summed E-state index contributed by atoms with van der Waals surface area (Å²) in [4.78, 5) is 15.2. The molecule has 19 heavy (non-hydrogen) atoms. The molecule has 104 valence electrons. The zero-order valence-corrected chi connectivity index (χ0v) is 11.3. The van der Waals surface area contributed by atoms with Crippen LogP contribution in [0.3, 0.4) is 0 Å². The quantitative estimate of drug-likeness (QED) is 0.864. The maximum absolute atomic E-state index is 5.80. The van der Waals surface area contributed by atoms with E-state index in [1.165, 1.54) is 44.9 Å². The Bertz CT molecular complexity index is 423. The minimum Gasteiger partial charge on any atom is -0.368 e. The van der Waals surface area contributed by atoms with Gasteiger partial charge in [0.2, 0.25) is 17.8 Å². The molecule has 0 aromatic carbocycles. The number of hydrogen-bond donors (Lipinski definition) is 2. The Morgan fingerprint density at radius 3 is 2.42 bits per heavy atom. The van der Waals surface area contributed by atoms with Gasteiger partial charge in [-0.25, -0.2) is 0 Å². The first-order chi connectivity index (χ1) is 9.31. The first-order valence-electron chi connectivity index (χ1n) is 7.34. The maximum Gasteiger partial charge on any atom is 0.231 e. The molecule has 6 nitrogen and oxygen atoms in total. The van der Waals surface area contributed by atoms with Gasteiger partial charge in [-0.1, -0.05) is 19.3 Å². The topological polar surface area (TPSA) is 80.0 Å². The van der Waals surface area contributed by atoms with Crippen molar-refractivity contribution in [3.63, 3.8) is 0 Å². The summed E-state index contributed by atoms with van der Waals surface area (Å²) in [5.74, 6) is 1.68. The van der Waals surface area contributed by atoms with E-state index in [1.807, 2.05) is 0 Å². The van der Waals surface area contributed by atoms with E-state index < -0.39 is 0 Å². The van der Waals surface area contributed by atoms with Crippen LogP contribution >= 0.6 is 0 Å². The summed E-state index contributed by atoms with van der Waals surface area (Å²) in [7, 11) is 0. The van der Waals surface area contributed by atoms with Crippen LogP contribution in [0.4, 0.5) is 17.8 Å². The lowest BCUT2D eigenvalue weighted by molar-refractivity contribution is 0.461. The number of nitrogens with one attached hydrogen (secondary N) is 1. The maximum atomic E-state index is 5.80. The van der Waals surface area contributed by atoms with E-state index in [0.717, 1.165) is 19.0 Å². The average molecular weight is 262 g/mol. The van der Waals surface area contributed by atoms with Crippen LogP contribution in [-0.2, 0) is 0 Å². The molecule has 3 rings (SSSR count). The first kappa shape index (κ1) is 12.4. The first-order valence-corrected chi connectivity index (χ1v) is 7.34. The fourth-order valence-electron chi connectivity index (χ4n) is 2.93. The Kier molecular flexibility index (Phi) is 3.66. The Morgan fingerprint density at radius 1 is 0.947 bits per heavy atom. The lowest BCUT2D eigenvalue weighted by Gasteiger charge is -2.23. The van der Waals surface area contributed by atoms with Gasteiger partial charge in [-0.3, -0.25) is 0 Å². The summed E-state index contributed by atoms with van der Waals surface area (Å²) in [6.07, 6.45) is 8.73. The molecule has 0 radical (unpaired) electrons. The summed E-state index contributed by atoms with van der Waals surface area (Å²) < 4.78 is 0. The standard InChI is InChI=1S/C13H22N6/c14-11-16-12(15-10-6-2-1-3-7-10)18-13(17-11)19-8-4-5-9-19/h10H,1-9H2,(H3,14,15,16,17,18). The van der Waals surface area contributed by atoms with Crippen LogP contribution in [-0.4, -0.2) is 34.1 Å². The van der Waals surface area contributed by atoms with Crippen molar-refractivity contribution in [2.24, 2.45) is 0 Å². The van der Waals surface area contributed by atoms with E-state index in [4.69, 9.17) is 5.73 Å². The zero-order chi connectivity index (χ0) is 13.1. The van der Waals surface area contributed by atoms with Gasteiger partial charge in [-0.15, -0.1) is 0 Å². The van der Waals surface area contributed by atoms with Crippen LogP contribution in [0.25, 0.3) is 0 Å². The smallest absolute Gasteiger partial charge is 0.231 e. The lowest BCUT2D eigenvalue weighted by atomic mass is 9.96.